The average molecular weight is 356 g/mol. The van der Waals surface area contributed by atoms with Gasteiger partial charge in [-0.15, -0.1) is 0 Å². The van der Waals surface area contributed by atoms with Gasteiger partial charge < -0.3 is 15.0 Å². The summed E-state index contributed by atoms with van der Waals surface area (Å²) in [5, 5.41) is 4.01. The Balaban J connectivity index is 1.73. The predicted molar refractivity (Wildman–Crippen MR) is 90.4 cm³/mol. The van der Waals surface area contributed by atoms with Crippen LogP contribution in [0.2, 0.25) is 0 Å². The third-order valence-corrected chi connectivity index (χ3v) is 4.23. The Morgan fingerprint density at radius 2 is 2.08 bits per heavy atom. The van der Waals surface area contributed by atoms with E-state index in [9.17, 15) is 4.39 Å². The quantitative estimate of drug-likeness (QED) is 0.753. The summed E-state index contributed by atoms with van der Waals surface area (Å²) in [7, 11) is 0. The Kier molecular flexibility index (Phi) is 4.55. The number of rotatable bonds is 4. The highest BCUT2D eigenvalue weighted by Crippen LogP contribution is 2.30. The van der Waals surface area contributed by atoms with Crippen LogP contribution in [-0.4, -0.2) is 51.3 Å². The minimum Gasteiger partial charge on any atom is -0.383 e. The molecule has 0 spiro atoms. The first kappa shape index (κ1) is 16.6. The van der Waals surface area contributed by atoms with Crippen molar-refractivity contribution in [1.29, 1.82) is 0 Å². The van der Waals surface area contributed by atoms with Gasteiger partial charge in [0.15, 0.2) is 0 Å². The molecule has 0 aliphatic carbocycles. The first-order valence-electron chi connectivity index (χ1n) is 8.19. The molecule has 0 amide bonds. The summed E-state index contributed by atoms with van der Waals surface area (Å²) in [6.45, 7) is 2.53. The number of anilines is 1. The number of morpholine rings is 1. The van der Waals surface area contributed by atoms with Gasteiger partial charge in [-0.25, -0.2) is 14.4 Å². The third-order valence-electron chi connectivity index (χ3n) is 4.23. The zero-order chi connectivity index (χ0) is 17.9. The molecule has 9 heteroatoms. The van der Waals surface area contributed by atoms with Gasteiger partial charge in [0, 0.05) is 19.3 Å². The number of halogens is 1. The van der Waals surface area contributed by atoms with E-state index in [0.717, 1.165) is 5.56 Å². The lowest BCUT2D eigenvalue weighted by molar-refractivity contribution is 0.0180. The monoisotopic (exact) mass is 356 g/mol. The van der Waals surface area contributed by atoms with Crippen molar-refractivity contribution in [1.82, 2.24) is 25.0 Å². The highest BCUT2D eigenvalue weighted by atomic mass is 19.1. The lowest BCUT2D eigenvalue weighted by Gasteiger charge is -2.32. The van der Waals surface area contributed by atoms with Crippen LogP contribution in [0.5, 0.6) is 0 Å². The molecule has 0 saturated carbocycles. The van der Waals surface area contributed by atoms with Gasteiger partial charge in [0.1, 0.15) is 24.0 Å². The van der Waals surface area contributed by atoms with Crippen LogP contribution >= 0.6 is 0 Å². The summed E-state index contributed by atoms with van der Waals surface area (Å²) in [6.07, 6.45) is 2.88. The van der Waals surface area contributed by atoms with Crippen molar-refractivity contribution in [2.45, 2.75) is 6.04 Å². The summed E-state index contributed by atoms with van der Waals surface area (Å²) < 4.78 is 24.7. The molecule has 2 aromatic heterocycles. The standard InChI is InChI=1S/C17H17FN6O2/c18-12-3-1-2-11(8-12)14(24-4-6-25-7-5-24)17-22-16(23-26-17)13-9-20-10-21-15(13)19/h1-3,8-10,14H,4-7H2,(H2,19,20,21). The molecule has 1 fully saturated rings. The maximum absolute atomic E-state index is 13.8. The fraction of sp³-hybridized carbons (Fsp3) is 0.294. The van der Waals surface area contributed by atoms with Gasteiger partial charge in [-0.05, 0) is 17.7 Å². The zero-order valence-corrected chi connectivity index (χ0v) is 13.9. The van der Waals surface area contributed by atoms with Crippen molar-refractivity contribution < 1.29 is 13.7 Å². The molecule has 2 N–H and O–H groups in total. The topological polar surface area (TPSA) is 103 Å². The molecule has 26 heavy (non-hydrogen) atoms. The molecular weight excluding hydrogens is 339 g/mol. The van der Waals surface area contributed by atoms with Gasteiger partial charge >= 0.3 is 0 Å². The van der Waals surface area contributed by atoms with E-state index in [1.165, 1.54) is 24.7 Å². The molecule has 1 atom stereocenters. The van der Waals surface area contributed by atoms with Crippen LogP contribution in [0.3, 0.4) is 0 Å². The van der Waals surface area contributed by atoms with Crippen molar-refractivity contribution in [2.75, 3.05) is 32.0 Å². The summed E-state index contributed by atoms with van der Waals surface area (Å²) >= 11 is 0. The number of ether oxygens (including phenoxy) is 1. The normalized spacial score (nSPS) is 16.5. The van der Waals surface area contributed by atoms with E-state index in [-0.39, 0.29) is 17.7 Å². The first-order valence-corrected chi connectivity index (χ1v) is 8.19. The van der Waals surface area contributed by atoms with E-state index < -0.39 is 0 Å². The van der Waals surface area contributed by atoms with E-state index in [1.807, 2.05) is 6.07 Å². The molecule has 8 nitrogen and oxygen atoms in total. The fourth-order valence-electron chi connectivity index (χ4n) is 2.99. The van der Waals surface area contributed by atoms with Gasteiger partial charge in [-0.3, -0.25) is 4.90 Å². The van der Waals surface area contributed by atoms with Crippen LogP contribution in [0.25, 0.3) is 11.4 Å². The SMILES string of the molecule is Nc1ncncc1-c1noc(C(c2cccc(F)c2)N2CCOCC2)n1. The Bertz CT molecular complexity index is 896. The molecule has 1 unspecified atom stereocenters. The van der Waals surface area contributed by atoms with Crippen molar-refractivity contribution in [3.05, 3.63) is 54.1 Å². The molecule has 1 saturated heterocycles. The highest BCUT2D eigenvalue weighted by molar-refractivity contribution is 5.66. The number of aromatic nitrogens is 4. The fourth-order valence-corrected chi connectivity index (χ4v) is 2.99. The predicted octanol–water partition coefficient (Wildman–Crippen LogP) is 1.67. The molecule has 1 aromatic carbocycles. The van der Waals surface area contributed by atoms with E-state index in [4.69, 9.17) is 15.0 Å². The largest absolute Gasteiger partial charge is 0.383 e. The molecule has 1 aliphatic heterocycles. The Hall–Kier alpha value is -2.91. The summed E-state index contributed by atoms with van der Waals surface area (Å²) in [5.74, 6) is 0.603. The number of hydrogen-bond acceptors (Lipinski definition) is 8. The number of benzene rings is 1. The number of hydrogen-bond donors (Lipinski definition) is 1. The lowest BCUT2D eigenvalue weighted by Crippen LogP contribution is -2.39. The maximum atomic E-state index is 13.8. The van der Waals surface area contributed by atoms with Crippen LogP contribution in [-0.2, 0) is 4.74 Å². The number of nitrogens with zero attached hydrogens (tertiary/aromatic N) is 5. The van der Waals surface area contributed by atoms with Crippen LogP contribution in [0.1, 0.15) is 17.5 Å². The molecule has 134 valence electrons. The van der Waals surface area contributed by atoms with Crippen LogP contribution in [0.4, 0.5) is 10.2 Å². The third kappa shape index (κ3) is 3.26. The van der Waals surface area contributed by atoms with Gasteiger partial charge in [-0.1, -0.05) is 17.3 Å². The second-order valence-electron chi connectivity index (χ2n) is 5.88. The second-order valence-corrected chi connectivity index (χ2v) is 5.88. The smallest absolute Gasteiger partial charge is 0.248 e. The zero-order valence-electron chi connectivity index (χ0n) is 13.9. The molecule has 3 heterocycles. The summed E-state index contributed by atoms with van der Waals surface area (Å²) in [6, 6.07) is 6.01. The first-order chi connectivity index (χ1) is 12.7. The van der Waals surface area contributed by atoms with Gasteiger partial charge in [0.25, 0.3) is 0 Å². The molecule has 0 radical (unpaired) electrons. The van der Waals surface area contributed by atoms with Gasteiger partial charge in [0.05, 0.1) is 18.8 Å². The molecule has 0 bridgehead atoms. The van der Waals surface area contributed by atoms with Crippen molar-refractivity contribution in [2.24, 2.45) is 0 Å². The minimum absolute atomic E-state index is 0.265. The molecular formula is C17H17FN6O2. The van der Waals surface area contributed by atoms with E-state index in [0.29, 0.717) is 43.6 Å². The molecule has 4 rings (SSSR count). The summed E-state index contributed by atoms with van der Waals surface area (Å²) in [4.78, 5) is 14.5. The second kappa shape index (κ2) is 7.14. The maximum Gasteiger partial charge on any atom is 0.248 e. The Morgan fingerprint density at radius 1 is 1.23 bits per heavy atom. The van der Waals surface area contributed by atoms with Crippen molar-refractivity contribution >= 4 is 5.82 Å². The van der Waals surface area contributed by atoms with Crippen LogP contribution in [0, 0.1) is 5.82 Å². The van der Waals surface area contributed by atoms with Gasteiger partial charge in [0.2, 0.25) is 11.7 Å². The van der Waals surface area contributed by atoms with Gasteiger partial charge in [-0.2, -0.15) is 4.98 Å². The van der Waals surface area contributed by atoms with Crippen LogP contribution in [0.15, 0.2) is 41.3 Å². The highest BCUT2D eigenvalue weighted by Gasteiger charge is 2.30. The summed E-state index contributed by atoms with van der Waals surface area (Å²) in [5.41, 5.74) is 7.09. The minimum atomic E-state index is -0.373. The van der Waals surface area contributed by atoms with E-state index in [2.05, 4.69) is 25.0 Å². The molecule has 1 aliphatic rings. The number of nitrogen functional groups attached to an aromatic ring is 1. The van der Waals surface area contributed by atoms with Crippen LogP contribution < -0.4 is 5.73 Å². The lowest BCUT2D eigenvalue weighted by atomic mass is 10.0. The van der Waals surface area contributed by atoms with Crippen molar-refractivity contribution in [3.8, 4) is 11.4 Å². The Morgan fingerprint density at radius 3 is 2.85 bits per heavy atom. The number of nitrogens with two attached hydrogens (primary N) is 1. The van der Waals surface area contributed by atoms with E-state index in [1.54, 1.807) is 6.07 Å². The molecule has 3 aromatic rings. The van der Waals surface area contributed by atoms with Crippen molar-refractivity contribution in [3.63, 3.8) is 0 Å². The van der Waals surface area contributed by atoms with E-state index >= 15 is 0 Å². The Labute approximate surface area is 148 Å². The average Bonchev–Trinajstić information content (AvgIpc) is 3.13.